The first-order valence-electron chi connectivity index (χ1n) is 9.31. The summed E-state index contributed by atoms with van der Waals surface area (Å²) in [4.78, 5) is 12.5. The lowest BCUT2D eigenvalue weighted by Gasteiger charge is -2.33. The summed E-state index contributed by atoms with van der Waals surface area (Å²) in [6.45, 7) is 2.27. The third-order valence-corrected chi connectivity index (χ3v) is 6.00. The van der Waals surface area contributed by atoms with Crippen LogP contribution in [0.15, 0.2) is 0 Å². The molecule has 2 atom stereocenters. The lowest BCUT2D eigenvalue weighted by atomic mass is 9.79. The molecule has 3 rings (SSSR count). The molecule has 2 heterocycles. The van der Waals surface area contributed by atoms with Gasteiger partial charge in [0.05, 0.1) is 0 Å². The van der Waals surface area contributed by atoms with Gasteiger partial charge in [-0.15, -0.1) is 12.4 Å². The maximum atomic E-state index is 12.5. The van der Waals surface area contributed by atoms with Crippen molar-refractivity contribution in [3.8, 4) is 0 Å². The van der Waals surface area contributed by atoms with E-state index in [0.29, 0.717) is 30.0 Å². The second-order valence-electron chi connectivity index (χ2n) is 7.67. The van der Waals surface area contributed by atoms with Gasteiger partial charge in [-0.1, -0.05) is 26.2 Å². The Labute approximate surface area is 141 Å². The highest BCUT2D eigenvalue weighted by molar-refractivity contribution is 5.85. The normalized spacial score (nSPS) is 37.4. The molecule has 2 N–H and O–H groups in total. The minimum Gasteiger partial charge on any atom is -0.353 e. The first kappa shape index (κ1) is 18.1. The summed E-state index contributed by atoms with van der Waals surface area (Å²) in [7, 11) is 0. The molecule has 1 aliphatic carbocycles. The Balaban J connectivity index is 0.00000176. The van der Waals surface area contributed by atoms with Gasteiger partial charge in [0.25, 0.3) is 0 Å². The lowest BCUT2D eigenvalue weighted by molar-refractivity contribution is -0.127. The summed E-state index contributed by atoms with van der Waals surface area (Å²) < 4.78 is 0. The maximum Gasteiger partial charge on any atom is 0.223 e. The average Bonchev–Trinajstić information content (AvgIpc) is 2.84. The summed E-state index contributed by atoms with van der Waals surface area (Å²) in [6, 6.07) is 1.77. The number of fused-ring (bicyclic) bond motifs is 2. The summed E-state index contributed by atoms with van der Waals surface area (Å²) in [5.41, 5.74) is 0. The van der Waals surface area contributed by atoms with Crippen LogP contribution in [0, 0.1) is 11.8 Å². The third kappa shape index (κ3) is 4.61. The second-order valence-corrected chi connectivity index (χ2v) is 7.67. The fraction of sp³-hybridized carbons (Fsp3) is 0.944. The summed E-state index contributed by atoms with van der Waals surface area (Å²) >= 11 is 0. The molecule has 2 bridgehead atoms. The van der Waals surface area contributed by atoms with E-state index >= 15 is 0 Å². The molecule has 4 heteroatoms. The van der Waals surface area contributed by atoms with Gasteiger partial charge in [0.15, 0.2) is 0 Å². The molecule has 128 valence electrons. The van der Waals surface area contributed by atoms with Crippen LogP contribution in [-0.4, -0.2) is 24.0 Å². The van der Waals surface area contributed by atoms with E-state index in [0.717, 1.165) is 31.6 Å². The molecule has 3 nitrogen and oxygen atoms in total. The molecule has 2 saturated heterocycles. The van der Waals surface area contributed by atoms with E-state index in [9.17, 15) is 4.79 Å². The van der Waals surface area contributed by atoms with Crippen LogP contribution >= 0.6 is 12.4 Å². The molecule has 3 aliphatic rings. The Bertz CT molecular complexity index is 343. The molecule has 0 radical (unpaired) electrons. The molecular weight excluding hydrogens is 296 g/mol. The minimum absolute atomic E-state index is 0. The fourth-order valence-electron chi connectivity index (χ4n) is 4.70. The summed E-state index contributed by atoms with van der Waals surface area (Å²) in [6.07, 6.45) is 13.7. The molecule has 22 heavy (non-hydrogen) atoms. The molecule has 1 saturated carbocycles. The lowest BCUT2D eigenvalue weighted by Crippen LogP contribution is -2.49. The number of amides is 1. The SMILES string of the molecule is CCCCC1CCC(C(=O)NC2CC3CCC(C2)N3)CC1.Cl. The number of hydrogen-bond acceptors (Lipinski definition) is 2. The van der Waals surface area contributed by atoms with Gasteiger partial charge in [-0.05, 0) is 57.3 Å². The maximum absolute atomic E-state index is 12.5. The number of halogens is 1. The van der Waals surface area contributed by atoms with Crippen LogP contribution in [0.4, 0.5) is 0 Å². The Morgan fingerprint density at radius 3 is 2.27 bits per heavy atom. The van der Waals surface area contributed by atoms with Crippen molar-refractivity contribution in [3.05, 3.63) is 0 Å². The van der Waals surface area contributed by atoms with Gasteiger partial charge in [-0.2, -0.15) is 0 Å². The smallest absolute Gasteiger partial charge is 0.223 e. The second kappa shape index (κ2) is 8.54. The number of hydrogen-bond donors (Lipinski definition) is 2. The number of piperidine rings is 1. The van der Waals surface area contributed by atoms with Crippen molar-refractivity contribution >= 4 is 18.3 Å². The van der Waals surface area contributed by atoms with E-state index < -0.39 is 0 Å². The zero-order valence-corrected chi connectivity index (χ0v) is 14.8. The fourth-order valence-corrected chi connectivity index (χ4v) is 4.70. The zero-order valence-electron chi connectivity index (χ0n) is 14.0. The first-order valence-corrected chi connectivity index (χ1v) is 9.31. The molecular formula is C18H33ClN2O. The van der Waals surface area contributed by atoms with Crippen molar-refractivity contribution < 1.29 is 4.79 Å². The van der Waals surface area contributed by atoms with Crippen LogP contribution < -0.4 is 10.6 Å². The number of nitrogens with one attached hydrogen (secondary N) is 2. The average molecular weight is 329 g/mol. The molecule has 1 amide bonds. The number of rotatable bonds is 5. The standard InChI is InChI=1S/C18H32N2O.ClH/c1-2-3-4-13-5-7-14(8-6-13)18(21)20-17-11-15-9-10-16(12-17)19-15;/h13-17,19H,2-12H2,1H3,(H,20,21);1H. The van der Waals surface area contributed by atoms with Crippen molar-refractivity contribution in [1.82, 2.24) is 10.6 Å². The van der Waals surface area contributed by atoms with Gasteiger partial charge in [0.2, 0.25) is 5.91 Å². The topological polar surface area (TPSA) is 41.1 Å². The summed E-state index contributed by atoms with van der Waals surface area (Å²) in [5, 5.41) is 7.02. The molecule has 0 spiro atoms. The van der Waals surface area contributed by atoms with E-state index in [-0.39, 0.29) is 12.4 Å². The quantitative estimate of drug-likeness (QED) is 0.806. The van der Waals surface area contributed by atoms with Gasteiger partial charge in [-0.3, -0.25) is 4.79 Å². The molecule has 2 aliphatic heterocycles. The Morgan fingerprint density at radius 2 is 1.68 bits per heavy atom. The van der Waals surface area contributed by atoms with Gasteiger partial charge in [0, 0.05) is 24.0 Å². The van der Waals surface area contributed by atoms with Gasteiger partial charge in [-0.25, -0.2) is 0 Å². The Hall–Kier alpha value is -0.280. The summed E-state index contributed by atoms with van der Waals surface area (Å²) in [5.74, 6) is 1.55. The van der Waals surface area contributed by atoms with E-state index in [1.54, 1.807) is 0 Å². The highest BCUT2D eigenvalue weighted by Crippen LogP contribution is 2.33. The highest BCUT2D eigenvalue weighted by atomic mass is 35.5. The minimum atomic E-state index is 0. The highest BCUT2D eigenvalue weighted by Gasteiger charge is 2.35. The number of carbonyl (C=O) groups is 1. The van der Waals surface area contributed by atoms with E-state index in [2.05, 4.69) is 17.6 Å². The van der Waals surface area contributed by atoms with Gasteiger partial charge < -0.3 is 10.6 Å². The predicted octanol–water partition coefficient (Wildman–Crippen LogP) is 3.80. The van der Waals surface area contributed by atoms with Crippen LogP contribution in [0.2, 0.25) is 0 Å². The monoisotopic (exact) mass is 328 g/mol. The molecule has 2 unspecified atom stereocenters. The molecule has 0 aromatic carbocycles. The predicted molar refractivity (Wildman–Crippen MR) is 93.3 cm³/mol. The Kier molecular flexibility index (Phi) is 7.01. The van der Waals surface area contributed by atoms with Crippen molar-refractivity contribution in [3.63, 3.8) is 0 Å². The van der Waals surface area contributed by atoms with Gasteiger partial charge >= 0.3 is 0 Å². The Morgan fingerprint density at radius 1 is 1.05 bits per heavy atom. The van der Waals surface area contributed by atoms with Crippen molar-refractivity contribution in [2.75, 3.05) is 0 Å². The van der Waals surface area contributed by atoms with E-state index in [4.69, 9.17) is 0 Å². The van der Waals surface area contributed by atoms with Crippen molar-refractivity contribution in [2.45, 2.75) is 95.7 Å². The van der Waals surface area contributed by atoms with Crippen LogP contribution in [0.5, 0.6) is 0 Å². The molecule has 0 aromatic heterocycles. The van der Waals surface area contributed by atoms with Crippen LogP contribution in [0.1, 0.15) is 77.6 Å². The van der Waals surface area contributed by atoms with E-state index in [1.165, 1.54) is 44.9 Å². The van der Waals surface area contributed by atoms with Crippen LogP contribution in [0.25, 0.3) is 0 Å². The van der Waals surface area contributed by atoms with Gasteiger partial charge in [0.1, 0.15) is 0 Å². The third-order valence-electron chi connectivity index (χ3n) is 6.00. The number of unbranched alkanes of at least 4 members (excludes halogenated alkanes) is 1. The van der Waals surface area contributed by atoms with Crippen molar-refractivity contribution in [1.29, 1.82) is 0 Å². The zero-order chi connectivity index (χ0) is 14.7. The van der Waals surface area contributed by atoms with Crippen LogP contribution in [0.3, 0.4) is 0 Å². The van der Waals surface area contributed by atoms with E-state index in [1.807, 2.05) is 0 Å². The largest absolute Gasteiger partial charge is 0.353 e. The molecule has 3 fully saturated rings. The van der Waals surface area contributed by atoms with Crippen molar-refractivity contribution in [2.24, 2.45) is 11.8 Å². The number of carbonyl (C=O) groups excluding carboxylic acids is 1. The first-order chi connectivity index (χ1) is 10.2. The van der Waals surface area contributed by atoms with Crippen LogP contribution in [-0.2, 0) is 4.79 Å². The molecule has 0 aromatic rings.